The van der Waals surface area contributed by atoms with Gasteiger partial charge in [-0.1, -0.05) is 0 Å². The van der Waals surface area contributed by atoms with E-state index in [0.29, 0.717) is 0 Å². The average Bonchev–Trinajstić information content (AvgIpc) is 0. The van der Waals surface area contributed by atoms with Gasteiger partial charge in [-0.15, -0.1) is 0 Å². The zero-order valence-corrected chi connectivity index (χ0v) is 12.3. The molecule has 2 radical (unpaired) electrons. The van der Waals surface area contributed by atoms with Gasteiger partial charge in [0.2, 0.25) is 0 Å². The fourth-order valence-corrected chi connectivity index (χ4v) is 0. The smallest absolute Gasteiger partial charge is 0 e. The average molecular weight is 372 g/mol. The van der Waals surface area contributed by atoms with E-state index in [-0.39, 0.29) is 95.6 Å². The molecular weight excluding hydrogens is 369 g/mol. The first kappa shape index (κ1) is 43.6. The van der Waals surface area contributed by atoms with Crippen LogP contribution in [-0.4, -0.2) is 18.0 Å². The Morgan fingerprint density at radius 2 is 1.00 bits per heavy atom. The third-order valence-corrected chi connectivity index (χ3v) is 0. The third kappa shape index (κ3) is 19.4. The summed E-state index contributed by atoms with van der Waals surface area (Å²) < 4.78 is 0. The maximum Gasteiger partial charge on any atom is 0 e. The maximum atomic E-state index is 0. The molecule has 0 nitrogen and oxygen atoms in total. The molecule has 0 aromatic heterocycles. The Kier molecular flexibility index (Phi) is 244. The second-order valence-electron chi connectivity index (χ2n) is 0. The molecule has 0 fully saturated rings. The Morgan fingerprint density at radius 1 is 1.00 bits per heavy atom. The normalized spacial score (nSPS) is 0. The van der Waals surface area contributed by atoms with Gasteiger partial charge in [0.05, 0.1) is 0 Å². The molecule has 0 aliphatic rings. The van der Waals surface area contributed by atoms with Crippen molar-refractivity contribution in [3.8, 4) is 0 Å². The number of hydrogen-bond acceptors (Lipinski definition) is 0. The fraction of sp³-hybridized carbons (Fsp3) is 0. The second-order valence-corrected chi connectivity index (χ2v) is 0. The van der Waals surface area contributed by atoms with Crippen LogP contribution < -0.4 is 0 Å². The molecule has 0 bridgehead atoms. The third-order valence-electron chi connectivity index (χ3n) is 0. The van der Waals surface area contributed by atoms with Crippen molar-refractivity contribution in [3.05, 3.63) is 0 Å². The first-order valence-corrected chi connectivity index (χ1v) is 0. The molecule has 1 unspecified atom stereocenters. The van der Waals surface area contributed by atoms with E-state index in [2.05, 4.69) is 0 Å². The van der Waals surface area contributed by atoms with Gasteiger partial charge >= 0.3 is 18.0 Å². The summed E-state index contributed by atoms with van der Waals surface area (Å²) in [7, 11) is 0. The van der Waals surface area contributed by atoms with E-state index in [4.69, 9.17) is 0 Å². The minimum absolute atomic E-state index is 0. The Morgan fingerprint density at radius 3 is 1.00 bits per heavy atom. The fourth-order valence-electron chi connectivity index (χ4n) is 0. The monoisotopic (exact) mass is 372 g/mol. The number of hydrogen-bond donors (Lipinski definition) is 0. The molecular formula is H3AsCdCoCuNi. The van der Waals surface area contributed by atoms with Crippen molar-refractivity contribution in [2.24, 2.45) is 0 Å². The van der Waals surface area contributed by atoms with Crippen LogP contribution in [0.15, 0.2) is 0 Å². The van der Waals surface area contributed by atoms with Crippen LogP contribution in [-0.2, 0) is 77.6 Å². The van der Waals surface area contributed by atoms with Gasteiger partial charge in [0.1, 0.15) is 0 Å². The predicted molar refractivity (Wildman–Crippen MR) is 9.94 cm³/mol. The van der Waals surface area contributed by atoms with Crippen molar-refractivity contribution in [1.82, 2.24) is 0 Å². The van der Waals surface area contributed by atoms with Crippen molar-refractivity contribution in [3.63, 3.8) is 0 Å². The largest absolute Gasteiger partial charge is 0 e. The molecule has 1 atom stereocenters. The van der Waals surface area contributed by atoms with E-state index in [1.807, 2.05) is 0 Å². The van der Waals surface area contributed by atoms with Crippen LogP contribution in [0.2, 0.25) is 0 Å². The molecule has 0 saturated carbocycles. The van der Waals surface area contributed by atoms with Crippen molar-refractivity contribution in [1.29, 1.82) is 0 Å². The summed E-state index contributed by atoms with van der Waals surface area (Å²) in [6.07, 6.45) is 0. The summed E-state index contributed by atoms with van der Waals surface area (Å²) in [6, 6.07) is 0. The van der Waals surface area contributed by atoms with Crippen LogP contribution in [0.25, 0.3) is 0 Å². The van der Waals surface area contributed by atoms with Crippen molar-refractivity contribution < 1.29 is 77.6 Å². The summed E-state index contributed by atoms with van der Waals surface area (Å²) in [5.41, 5.74) is 0. The zero-order valence-electron chi connectivity index (χ0n) is 2.37. The quantitative estimate of drug-likeness (QED) is 0.470. The SMILES string of the molecule is [AsH3].[Cd].[Co].[Cu].[Ni]. The Labute approximate surface area is 94.0 Å². The molecule has 0 N–H and O–H groups in total. The molecule has 0 aliphatic carbocycles. The standard InChI is InChI=1S/AsH3.Cd.Co.Cu.Ni/h1H3;;;;. The molecule has 5 heteroatoms. The second kappa shape index (κ2) is 28.0. The maximum absolute atomic E-state index is 0. The Balaban J connectivity index is 0. The topological polar surface area (TPSA) is 0 Å². The van der Waals surface area contributed by atoms with Gasteiger partial charge in [0.15, 0.2) is 0 Å². The molecule has 0 saturated heterocycles. The minimum atomic E-state index is 0. The summed E-state index contributed by atoms with van der Waals surface area (Å²) in [5, 5.41) is 0. The van der Waals surface area contributed by atoms with Crippen molar-refractivity contribution >= 4 is 18.0 Å². The van der Waals surface area contributed by atoms with Crippen LogP contribution in [0, 0.1) is 0 Å². The summed E-state index contributed by atoms with van der Waals surface area (Å²) in [4.78, 5) is 0. The van der Waals surface area contributed by atoms with Crippen LogP contribution in [0.3, 0.4) is 0 Å². The van der Waals surface area contributed by atoms with Crippen molar-refractivity contribution in [2.45, 2.75) is 0 Å². The van der Waals surface area contributed by atoms with Crippen LogP contribution in [0.4, 0.5) is 0 Å². The molecule has 0 spiro atoms. The molecule has 0 aliphatic heterocycles. The summed E-state index contributed by atoms with van der Waals surface area (Å²) in [5.74, 6) is 0. The van der Waals surface area contributed by atoms with E-state index in [1.54, 1.807) is 0 Å². The number of rotatable bonds is 0. The Hall–Kier alpha value is 3.00. The zero-order chi connectivity index (χ0) is 0. The molecule has 0 rings (SSSR count). The predicted octanol–water partition coefficient (Wildman–Crippen LogP) is -1.19. The van der Waals surface area contributed by atoms with Gasteiger partial charge in [0.25, 0.3) is 0 Å². The van der Waals surface area contributed by atoms with Gasteiger partial charge in [0, 0.05) is 77.6 Å². The van der Waals surface area contributed by atoms with Gasteiger partial charge < -0.3 is 0 Å². The summed E-state index contributed by atoms with van der Waals surface area (Å²) in [6.45, 7) is 0. The van der Waals surface area contributed by atoms with E-state index < -0.39 is 0 Å². The van der Waals surface area contributed by atoms with E-state index in [0.717, 1.165) is 0 Å². The minimum Gasteiger partial charge on any atom is 0 e. The van der Waals surface area contributed by atoms with Crippen LogP contribution in [0.5, 0.6) is 0 Å². The first-order chi connectivity index (χ1) is 0. The summed E-state index contributed by atoms with van der Waals surface area (Å²) >= 11 is 0. The van der Waals surface area contributed by atoms with Gasteiger partial charge in [-0.25, -0.2) is 0 Å². The van der Waals surface area contributed by atoms with Crippen molar-refractivity contribution in [2.75, 3.05) is 0 Å². The van der Waals surface area contributed by atoms with E-state index >= 15 is 0 Å². The van der Waals surface area contributed by atoms with E-state index in [9.17, 15) is 0 Å². The van der Waals surface area contributed by atoms with Gasteiger partial charge in [-0.05, 0) is 0 Å². The molecule has 0 aromatic carbocycles. The molecule has 0 aromatic rings. The Bertz CT molecular complexity index is 11.6. The molecule has 0 amide bonds. The van der Waals surface area contributed by atoms with Crippen LogP contribution in [0.1, 0.15) is 0 Å². The van der Waals surface area contributed by atoms with E-state index in [1.165, 1.54) is 0 Å². The first-order valence-electron chi connectivity index (χ1n) is 0. The molecule has 0 heterocycles. The van der Waals surface area contributed by atoms with Gasteiger partial charge in [-0.2, -0.15) is 0 Å². The van der Waals surface area contributed by atoms with Crippen LogP contribution >= 0.6 is 0 Å². The van der Waals surface area contributed by atoms with Gasteiger partial charge in [-0.3, -0.25) is 0 Å². The molecule has 5 heavy (non-hydrogen) atoms. The molecule has 40 valence electrons.